The number of hydrogen-bond acceptors (Lipinski definition) is 4. The van der Waals surface area contributed by atoms with Crippen molar-refractivity contribution in [1.29, 1.82) is 0 Å². The van der Waals surface area contributed by atoms with Crippen molar-refractivity contribution in [3.8, 4) is 11.5 Å². The summed E-state index contributed by atoms with van der Waals surface area (Å²) in [5.41, 5.74) is 0.877. The van der Waals surface area contributed by atoms with Gasteiger partial charge in [0.1, 0.15) is 23.9 Å². The van der Waals surface area contributed by atoms with Crippen LogP contribution in [-0.4, -0.2) is 28.2 Å². The van der Waals surface area contributed by atoms with Crippen LogP contribution < -0.4 is 14.2 Å². The summed E-state index contributed by atoms with van der Waals surface area (Å²) >= 11 is 0. The molecule has 0 fully saturated rings. The minimum absolute atomic E-state index is 0.0235. The zero-order valence-electron chi connectivity index (χ0n) is 12.5. The van der Waals surface area contributed by atoms with Gasteiger partial charge < -0.3 is 9.47 Å². The number of hydrogen-bond donors (Lipinski definition) is 1. The number of fused-ring (bicyclic) bond motifs is 1. The summed E-state index contributed by atoms with van der Waals surface area (Å²) in [6.07, 6.45) is 0.493. The summed E-state index contributed by atoms with van der Waals surface area (Å²) in [6.45, 7) is 0.236. The lowest BCUT2D eigenvalue weighted by Gasteiger charge is -2.26. The van der Waals surface area contributed by atoms with Gasteiger partial charge in [-0.2, -0.15) is 0 Å². The van der Waals surface area contributed by atoms with Crippen molar-refractivity contribution in [3.05, 3.63) is 53.8 Å². The average Bonchev–Trinajstić information content (AvgIpc) is 2.54. The first-order chi connectivity index (χ1) is 11.0. The SMILES string of the molecule is COc1ccc2c(c1)CC(NS(=O)(=O)c1ccc(F)cc1)CO2. The molecule has 3 rings (SSSR count). The minimum Gasteiger partial charge on any atom is -0.497 e. The molecule has 0 aliphatic carbocycles. The first kappa shape index (κ1) is 15.8. The van der Waals surface area contributed by atoms with Crippen LogP contribution in [0.5, 0.6) is 11.5 Å². The van der Waals surface area contributed by atoms with E-state index in [9.17, 15) is 12.8 Å². The molecule has 23 heavy (non-hydrogen) atoms. The molecule has 0 saturated heterocycles. The van der Waals surface area contributed by atoms with Crippen LogP contribution in [-0.2, 0) is 16.4 Å². The minimum atomic E-state index is -3.72. The third kappa shape index (κ3) is 3.46. The number of nitrogens with one attached hydrogen (secondary N) is 1. The molecule has 1 heterocycles. The van der Waals surface area contributed by atoms with Crippen molar-refractivity contribution in [1.82, 2.24) is 4.72 Å². The maximum Gasteiger partial charge on any atom is 0.240 e. The molecule has 0 radical (unpaired) electrons. The predicted molar refractivity (Wildman–Crippen MR) is 82.7 cm³/mol. The standard InChI is InChI=1S/C16H16FNO4S/c1-21-14-4-7-16-11(9-14)8-13(10-22-16)18-23(19,20)15-5-2-12(17)3-6-15/h2-7,9,13,18H,8,10H2,1H3. The summed E-state index contributed by atoms with van der Waals surface area (Å²) in [6, 6.07) is 9.73. The Labute approximate surface area is 134 Å². The van der Waals surface area contributed by atoms with Gasteiger partial charge in [-0.25, -0.2) is 17.5 Å². The Hall–Kier alpha value is -2.12. The van der Waals surface area contributed by atoms with Crippen molar-refractivity contribution in [2.75, 3.05) is 13.7 Å². The maximum absolute atomic E-state index is 12.9. The van der Waals surface area contributed by atoms with Crippen LogP contribution in [0.15, 0.2) is 47.4 Å². The van der Waals surface area contributed by atoms with Crippen molar-refractivity contribution < 1.29 is 22.3 Å². The van der Waals surface area contributed by atoms with Crippen LogP contribution in [0.3, 0.4) is 0 Å². The fraction of sp³-hybridized carbons (Fsp3) is 0.250. The largest absolute Gasteiger partial charge is 0.497 e. The van der Waals surface area contributed by atoms with Crippen LogP contribution in [0, 0.1) is 5.82 Å². The van der Waals surface area contributed by atoms with E-state index in [-0.39, 0.29) is 11.5 Å². The topological polar surface area (TPSA) is 64.6 Å². The zero-order chi connectivity index (χ0) is 16.4. The fourth-order valence-electron chi connectivity index (χ4n) is 2.47. The predicted octanol–water partition coefficient (Wildman–Crippen LogP) is 2.12. The molecule has 5 nitrogen and oxygen atoms in total. The summed E-state index contributed by atoms with van der Waals surface area (Å²) in [5.74, 6) is 0.934. The van der Waals surface area contributed by atoms with E-state index in [2.05, 4.69) is 4.72 Å². The molecule has 122 valence electrons. The number of halogens is 1. The number of methoxy groups -OCH3 is 1. The van der Waals surface area contributed by atoms with Crippen LogP contribution in [0.1, 0.15) is 5.56 Å². The summed E-state index contributed by atoms with van der Waals surface area (Å²) < 4.78 is 50.9. The molecular formula is C16H16FNO4S. The number of rotatable bonds is 4. The van der Waals surface area contributed by atoms with E-state index in [0.29, 0.717) is 12.2 Å². The number of ether oxygens (including phenoxy) is 2. The molecule has 0 bridgehead atoms. The quantitative estimate of drug-likeness (QED) is 0.928. The Kier molecular flexibility index (Phi) is 4.23. The summed E-state index contributed by atoms with van der Waals surface area (Å²) in [4.78, 5) is 0.0235. The number of sulfonamides is 1. The van der Waals surface area contributed by atoms with E-state index in [0.717, 1.165) is 23.4 Å². The molecule has 1 aliphatic rings. The molecule has 7 heteroatoms. The van der Waals surface area contributed by atoms with Gasteiger partial charge in [-0.05, 0) is 54.4 Å². The normalized spacial score (nSPS) is 17.2. The Morgan fingerprint density at radius 3 is 2.65 bits per heavy atom. The molecule has 0 saturated carbocycles. The van der Waals surface area contributed by atoms with Gasteiger partial charge in [0.25, 0.3) is 0 Å². The highest BCUT2D eigenvalue weighted by molar-refractivity contribution is 7.89. The van der Waals surface area contributed by atoms with Gasteiger partial charge >= 0.3 is 0 Å². The zero-order valence-corrected chi connectivity index (χ0v) is 13.3. The second kappa shape index (κ2) is 6.17. The molecule has 0 aromatic heterocycles. The van der Waals surface area contributed by atoms with E-state index >= 15 is 0 Å². The second-order valence-electron chi connectivity index (χ2n) is 5.26. The van der Waals surface area contributed by atoms with E-state index in [4.69, 9.17) is 9.47 Å². The second-order valence-corrected chi connectivity index (χ2v) is 6.97. The summed E-state index contributed by atoms with van der Waals surface area (Å²) in [7, 11) is -2.15. The third-order valence-electron chi connectivity index (χ3n) is 3.62. The Bertz CT molecular complexity index is 805. The van der Waals surface area contributed by atoms with Gasteiger partial charge in [0.05, 0.1) is 18.0 Å². The molecule has 2 aromatic carbocycles. The molecule has 1 aliphatic heterocycles. The molecule has 0 amide bonds. The highest BCUT2D eigenvalue weighted by Gasteiger charge is 2.25. The van der Waals surface area contributed by atoms with E-state index in [1.165, 1.54) is 12.1 Å². The van der Waals surface area contributed by atoms with E-state index in [1.54, 1.807) is 19.2 Å². The first-order valence-corrected chi connectivity index (χ1v) is 8.54. The highest BCUT2D eigenvalue weighted by atomic mass is 32.2. The van der Waals surface area contributed by atoms with E-state index in [1.807, 2.05) is 6.07 Å². The van der Waals surface area contributed by atoms with Crippen molar-refractivity contribution >= 4 is 10.0 Å². The van der Waals surface area contributed by atoms with Crippen LogP contribution in [0.25, 0.3) is 0 Å². The molecule has 1 unspecified atom stereocenters. The van der Waals surface area contributed by atoms with Gasteiger partial charge in [-0.15, -0.1) is 0 Å². The molecule has 1 atom stereocenters. The lowest BCUT2D eigenvalue weighted by Crippen LogP contribution is -2.42. The smallest absolute Gasteiger partial charge is 0.240 e. The Morgan fingerprint density at radius 1 is 1.22 bits per heavy atom. The molecule has 0 spiro atoms. The lowest BCUT2D eigenvalue weighted by molar-refractivity contribution is 0.253. The van der Waals surface area contributed by atoms with E-state index < -0.39 is 21.9 Å². The Balaban J connectivity index is 1.77. The average molecular weight is 337 g/mol. The lowest BCUT2D eigenvalue weighted by atomic mass is 10.0. The van der Waals surface area contributed by atoms with Crippen LogP contribution >= 0.6 is 0 Å². The number of benzene rings is 2. The molecular weight excluding hydrogens is 321 g/mol. The Morgan fingerprint density at radius 2 is 1.96 bits per heavy atom. The van der Waals surface area contributed by atoms with Crippen molar-refractivity contribution in [2.45, 2.75) is 17.4 Å². The van der Waals surface area contributed by atoms with Gasteiger partial charge in [-0.3, -0.25) is 0 Å². The van der Waals surface area contributed by atoms with Crippen LogP contribution in [0.2, 0.25) is 0 Å². The third-order valence-corrected chi connectivity index (χ3v) is 5.16. The monoisotopic (exact) mass is 337 g/mol. The van der Waals surface area contributed by atoms with Crippen LogP contribution in [0.4, 0.5) is 4.39 Å². The van der Waals surface area contributed by atoms with Gasteiger partial charge in [-0.1, -0.05) is 0 Å². The van der Waals surface area contributed by atoms with Crippen molar-refractivity contribution in [3.63, 3.8) is 0 Å². The maximum atomic E-state index is 12.9. The van der Waals surface area contributed by atoms with Gasteiger partial charge in [0, 0.05) is 0 Å². The fourth-order valence-corrected chi connectivity index (χ4v) is 3.70. The molecule has 2 aromatic rings. The molecule has 1 N–H and O–H groups in total. The van der Waals surface area contributed by atoms with Gasteiger partial charge in [0.15, 0.2) is 0 Å². The highest BCUT2D eigenvalue weighted by Crippen LogP contribution is 2.29. The first-order valence-electron chi connectivity index (χ1n) is 7.05. The summed E-state index contributed by atoms with van der Waals surface area (Å²) in [5, 5.41) is 0. The van der Waals surface area contributed by atoms with Gasteiger partial charge in [0.2, 0.25) is 10.0 Å². The van der Waals surface area contributed by atoms with Crippen molar-refractivity contribution in [2.24, 2.45) is 0 Å².